The minimum Gasteiger partial charge on any atom is -0.497 e. The molecule has 3 aromatic carbocycles. The van der Waals surface area contributed by atoms with Crippen LogP contribution in [0.1, 0.15) is 34.5 Å². The second-order valence-corrected chi connectivity index (χ2v) is 9.53. The second kappa shape index (κ2) is 8.99. The molecule has 0 N–H and O–H groups in total. The van der Waals surface area contributed by atoms with Gasteiger partial charge in [0.15, 0.2) is 5.78 Å². The summed E-state index contributed by atoms with van der Waals surface area (Å²) in [5, 5.41) is 0. The molecule has 6 rings (SSSR count). The number of ether oxygens (including phenoxy) is 2. The maximum Gasteiger partial charge on any atom is 0.308 e. The van der Waals surface area contributed by atoms with Crippen LogP contribution in [0.4, 0.5) is 5.69 Å². The Labute approximate surface area is 219 Å². The summed E-state index contributed by atoms with van der Waals surface area (Å²) in [4.78, 5) is 56.2. The molecule has 8 heteroatoms. The van der Waals surface area contributed by atoms with Crippen molar-refractivity contribution in [2.75, 3.05) is 12.0 Å². The van der Waals surface area contributed by atoms with Gasteiger partial charge in [-0.2, -0.15) is 0 Å². The van der Waals surface area contributed by atoms with E-state index in [4.69, 9.17) is 9.47 Å². The van der Waals surface area contributed by atoms with Crippen molar-refractivity contribution in [3.05, 3.63) is 95.7 Å². The third-order valence-corrected chi connectivity index (χ3v) is 7.46. The first-order chi connectivity index (χ1) is 18.4. The van der Waals surface area contributed by atoms with Crippen LogP contribution in [0.3, 0.4) is 0 Å². The van der Waals surface area contributed by atoms with Gasteiger partial charge in [0.05, 0.1) is 30.7 Å². The lowest BCUT2D eigenvalue weighted by molar-refractivity contribution is -0.132. The van der Waals surface area contributed by atoms with Crippen LogP contribution in [-0.2, 0) is 14.4 Å². The Morgan fingerprint density at radius 3 is 2.16 bits per heavy atom. The van der Waals surface area contributed by atoms with E-state index in [9.17, 15) is 19.2 Å². The van der Waals surface area contributed by atoms with Gasteiger partial charge in [0.1, 0.15) is 17.5 Å². The first kappa shape index (κ1) is 23.7. The molecule has 2 amide bonds. The Morgan fingerprint density at radius 1 is 0.816 bits per heavy atom. The zero-order chi connectivity index (χ0) is 26.6. The van der Waals surface area contributed by atoms with Gasteiger partial charge in [-0.15, -0.1) is 0 Å². The minimum atomic E-state index is -0.881. The molecule has 0 spiro atoms. The van der Waals surface area contributed by atoms with Crippen LogP contribution in [0.25, 0.3) is 6.08 Å². The first-order valence-electron chi connectivity index (χ1n) is 12.3. The summed E-state index contributed by atoms with van der Waals surface area (Å²) in [7, 11) is 1.54. The number of rotatable bonds is 5. The van der Waals surface area contributed by atoms with E-state index in [0.29, 0.717) is 22.7 Å². The molecule has 0 radical (unpaired) electrons. The number of nitrogens with zero attached hydrogens (tertiary/aromatic N) is 2. The number of imide groups is 1. The van der Waals surface area contributed by atoms with Gasteiger partial charge in [-0.1, -0.05) is 24.3 Å². The number of ketones is 1. The molecule has 0 aromatic heterocycles. The zero-order valence-electron chi connectivity index (χ0n) is 20.7. The van der Waals surface area contributed by atoms with Gasteiger partial charge in [0.2, 0.25) is 11.8 Å². The highest BCUT2D eigenvalue weighted by atomic mass is 16.5. The van der Waals surface area contributed by atoms with E-state index >= 15 is 0 Å². The first-order valence-corrected chi connectivity index (χ1v) is 12.3. The average molecular weight is 509 g/mol. The Bertz CT molecular complexity index is 1490. The van der Waals surface area contributed by atoms with E-state index in [-0.39, 0.29) is 11.7 Å². The normalized spacial score (nSPS) is 23.1. The summed E-state index contributed by atoms with van der Waals surface area (Å²) in [6, 6.07) is 19.4. The number of methoxy groups -OCH3 is 1. The van der Waals surface area contributed by atoms with Crippen molar-refractivity contribution >= 4 is 35.3 Å². The molecule has 2 saturated heterocycles. The van der Waals surface area contributed by atoms with E-state index in [0.717, 1.165) is 11.1 Å². The number of benzene rings is 3. The second-order valence-electron chi connectivity index (χ2n) is 9.53. The van der Waals surface area contributed by atoms with Gasteiger partial charge in [0.25, 0.3) is 0 Å². The topological polar surface area (TPSA) is 93.2 Å². The van der Waals surface area contributed by atoms with Crippen LogP contribution >= 0.6 is 0 Å². The number of hydrogen-bond donors (Lipinski definition) is 0. The van der Waals surface area contributed by atoms with Crippen LogP contribution in [-0.4, -0.2) is 41.6 Å². The summed E-state index contributed by atoms with van der Waals surface area (Å²) in [5.41, 5.74) is 2.66. The Balaban J connectivity index is 1.43. The fourth-order valence-electron chi connectivity index (χ4n) is 5.87. The molecule has 8 nitrogen and oxygen atoms in total. The number of Topliss-reactive ketones (excluding diaryl/α,β-unsaturated/α-hetero) is 1. The lowest BCUT2D eigenvalue weighted by Gasteiger charge is -2.35. The zero-order valence-corrected chi connectivity index (χ0v) is 20.7. The van der Waals surface area contributed by atoms with Crippen LogP contribution in [0.2, 0.25) is 0 Å². The van der Waals surface area contributed by atoms with Crippen molar-refractivity contribution in [3.8, 4) is 11.5 Å². The quantitative estimate of drug-likeness (QED) is 0.222. The number of esters is 1. The third-order valence-electron chi connectivity index (χ3n) is 7.46. The summed E-state index contributed by atoms with van der Waals surface area (Å²) in [5.74, 6) is -2.14. The fraction of sp³-hybridized carbons (Fsp3) is 0.200. The fourth-order valence-corrected chi connectivity index (χ4v) is 5.87. The number of carbonyl (C=O) groups is 4. The van der Waals surface area contributed by atoms with E-state index in [1.807, 2.05) is 41.4 Å². The summed E-state index contributed by atoms with van der Waals surface area (Å²) in [6.07, 6.45) is 3.73. The number of fused-ring (bicyclic) bond motifs is 5. The standard InChI is InChI=1S/C30H24N2O6/c1-17(33)38-22-11-7-19(8-12-22)28(34)27-25-24(26-23-6-4-3-5-18(23)15-16-31(26)27)29(35)32(30(25)36)20-9-13-21(37-2)14-10-20/h3-16,24-27H,1-2H3/t24-,25+,26+,27-/m0/s1. The predicted octanol–water partition coefficient (Wildman–Crippen LogP) is 4.02. The molecule has 3 aliphatic rings. The third kappa shape index (κ3) is 3.60. The smallest absolute Gasteiger partial charge is 0.308 e. The number of amides is 2. The monoisotopic (exact) mass is 508 g/mol. The number of carbonyl (C=O) groups excluding carboxylic acids is 4. The largest absolute Gasteiger partial charge is 0.497 e. The van der Waals surface area contributed by atoms with Gasteiger partial charge in [0, 0.05) is 18.7 Å². The Kier molecular flexibility index (Phi) is 5.60. The van der Waals surface area contributed by atoms with Gasteiger partial charge in [-0.3, -0.25) is 19.2 Å². The molecule has 3 aliphatic heterocycles. The highest BCUT2D eigenvalue weighted by molar-refractivity contribution is 6.24. The molecular formula is C30H24N2O6. The molecule has 0 saturated carbocycles. The summed E-state index contributed by atoms with van der Waals surface area (Å²) < 4.78 is 10.3. The van der Waals surface area contributed by atoms with E-state index in [2.05, 4.69) is 0 Å². The lowest BCUT2D eigenvalue weighted by Crippen LogP contribution is -2.44. The van der Waals surface area contributed by atoms with Crippen LogP contribution in [0.5, 0.6) is 11.5 Å². The van der Waals surface area contributed by atoms with Gasteiger partial charge >= 0.3 is 5.97 Å². The van der Waals surface area contributed by atoms with Crippen molar-refractivity contribution in [1.29, 1.82) is 0 Å². The molecule has 3 heterocycles. The van der Waals surface area contributed by atoms with Crippen molar-refractivity contribution < 1.29 is 28.7 Å². The maximum absolute atomic E-state index is 14.0. The predicted molar refractivity (Wildman–Crippen MR) is 138 cm³/mol. The molecule has 3 aromatic rings. The Hall–Kier alpha value is -4.72. The SMILES string of the molecule is COc1ccc(N2C(=O)[C@@H]3[C@H](C2=O)[C@H]2c4ccccc4C=CN2[C@@H]3C(=O)c2ccc(OC(C)=O)cc2)cc1. The highest BCUT2D eigenvalue weighted by Crippen LogP contribution is 2.53. The molecule has 190 valence electrons. The van der Waals surface area contributed by atoms with E-state index in [1.165, 1.54) is 11.8 Å². The lowest BCUT2D eigenvalue weighted by atomic mass is 9.83. The minimum absolute atomic E-state index is 0.279. The van der Waals surface area contributed by atoms with Crippen molar-refractivity contribution in [3.63, 3.8) is 0 Å². The Morgan fingerprint density at radius 2 is 1.47 bits per heavy atom. The molecule has 38 heavy (non-hydrogen) atoms. The summed E-state index contributed by atoms with van der Waals surface area (Å²) in [6.45, 7) is 1.30. The van der Waals surface area contributed by atoms with Gasteiger partial charge in [-0.05, 0) is 65.7 Å². The molecule has 2 fully saturated rings. The van der Waals surface area contributed by atoms with E-state index in [1.54, 1.807) is 55.6 Å². The van der Waals surface area contributed by atoms with Gasteiger partial charge < -0.3 is 14.4 Å². The molecule has 0 unspecified atom stereocenters. The van der Waals surface area contributed by atoms with E-state index < -0.39 is 35.8 Å². The van der Waals surface area contributed by atoms with Crippen molar-refractivity contribution in [2.24, 2.45) is 11.8 Å². The summed E-state index contributed by atoms with van der Waals surface area (Å²) >= 11 is 0. The molecule has 4 atom stereocenters. The highest BCUT2D eigenvalue weighted by Gasteiger charge is 2.64. The van der Waals surface area contributed by atoms with Crippen molar-refractivity contribution in [2.45, 2.75) is 19.0 Å². The maximum atomic E-state index is 14.0. The molecule has 0 bridgehead atoms. The number of anilines is 1. The van der Waals surface area contributed by atoms with Crippen LogP contribution in [0, 0.1) is 11.8 Å². The average Bonchev–Trinajstić information content (AvgIpc) is 3.40. The van der Waals surface area contributed by atoms with Crippen LogP contribution < -0.4 is 14.4 Å². The van der Waals surface area contributed by atoms with Crippen LogP contribution in [0.15, 0.2) is 79.0 Å². The van der Waals surface area contributed by atoms with Gasteiger partial charge in [-0.25, -0.2) is 4.90 Å². The molecule has 0 aliphatic carbocycles. The van der Waals surface area contributed by atoms with Crippen molar-refractivity contribution in [1.82, 2.24) is 4.90 Å². The number of hydrogen-bond acceptors (Lipinski definition) is 7. The molecular weight excluding hydrogens is 484 g/mol.